The van der Waals surface area contributed by atoms with Crippen molar-refractivity contribution >= 4 is 11.8 Å². The molecule has 1 aliphatic rings. The maximum atomic E-state index is 12.1. The largest absolute Gasteiger partial charge is 0.484 e. The first kappa shape index (κ1) is 16.3. The van der Waals surface area contributed by atoms with Crippen molar-refractivity contribution in [2.45, 2.75) is 18.9 Å². The number of rotatable bonds is 6. The number of hydrogen-bond acceptors (Lipinski definition) is 4. The lowest BCUT2D eigenvalue weighted by Crippen LogP contribution is -2.47. The van der Waals surface area contributed by atoms with Crippen molar-refractivity contribution in [2.75, 3.05) is 33.3 Å². The lowest BCUT2D eigenvalue weighted by atomic mass is 10.1. The van der Waals surface area contributed by atoms with Crippen LogP contribution in [0.25, 0.3) is 0 Å². The number of hydrogen-bond donors (Lipinski definition) is 2. The van der Waals surface area contributed by atoms with Crippen molar-refractivity contribution < 1.29 is 14.3 Å². The van der Waals surface area contributed by atoms with E-state index in [9.17, 15) is 9.59 Å². The van der Waals surface area contributed by atoms with Gasteiger partial charge in [-0.25, -0.2) is 0 Å². The van der Waals surface area contributed by atoms with Crippen LogP contribution in [0.3, 0.4) is 0 Å². The molecule has 0 atom stereocenters. The monoisotopic (exact) mass is 305 g/mol. The van der Waals surface area contributed by atoms with Gasteiger partial charge in [0.2, 0.25) is 5.91 Å². The van der Waals surface area contributed by atoms with Gasteiger partial charge < -0.3 is 20.3 Å². The molecule has 2 N–H and O–H groups in total. The first-order chi connectivity index (χ1) is 10.7. The summed E-state index contributed by atoms with van der Waals surface area (Å²) >= 11 is 0. The third-order valence-corrected chi connectivity index (χ3v) is 3.80. The van der Waals surface area contributed by atoms with Crippen molar-refractivity contribution in [1.29, 1.82) is 0 Å². The Bertz CT molecular complexity index is 487. The lowest BCUT2D eigenvalue weighted by Gasteiger charge is -2.31. The Morgan fingerprint density at radius 1 is 1.27 bits per heavy atom. The molecule has 22 heavy (non-hydrogen) atoms. The number of benzene rings is 1. The van der Waals surface area contributed by atoms with Crippen LogP contribution in [0.2, 0.25) is 0 Å². The second-order valence-corrected chi connectivity index (χ2v) is 5.36. The highest BCUT2D eigenvalue weighted by atomic mass is 16.5. The van der Waals surface area contributed by atoms with Crippen molar-refractivity contribution in [2.24, 2.45) is 0 Å². The van der Waals surface area contributed by atoms with Crippen LogP contribution < -0.4 is 15.4 Å². The van der Waals surface area contributed by atoms with Crippen molar-refractivity contribution in [3.05, 3.63) is 30.3 Å². The van der Waals surface area contributed by atoms with Gasteiger partial charge in [0.1, 0.15) is 5.75 Å². The molecule has 1 aromatic rings. The highest BCUT2D eigenvalue weighted by Crippen LogP contribution is 2.10. The molecule has 120 valence electrons. The van der Waals surface area contributed by atoms with Gasteiger partial charge in [-0.2, -0.15) is 0 Å². The van der Waals surface area contributed by atoms with E-state index in [1.807, 2.05) is 18.2 Å². The molecular weight excluding hydrogens is 282 g/mol. The van der Waals surface area contributed by atoms with Gasteiger partial charge in [-0.1, -0.05) is 18.2 Å². The van der Waals surface area contributed by atoms with E-state index in [1.54, 1.807) is 24.1 Å². The number of nitrogens with one attached hydrogen (secondary N) is 2. The molecule has 1 saturated heterocycles. The van der Waals surface area contributed by atoms with Gasteiger partial charge in [-0.05, 0) is 38.1 Å². The smallest absolute Gasteiger partial charge is 0.258 e. The lowest BCUT2D eigenvalue weighted by molar-refractivity contribution is -0.134. The van der Waals surface area contributed by atoms with Crippen molar-refractivity contribution in [3.63, 3.8) is 0 Å². The number of carbonyl (C=O) groups is 2. The Balaban J connectivity index is 1.67. The molecule has 0 unspecified atom stereocenters. The van der Waals surface area contributed by atoms with Crippen molar-refractivity contribution in [1.82, 2.24) is 15.5 Å². The molecule has 0 spiro atoms. The van der Waals surface area contributed by atoms with Gasteiger partial charge in [-0.15, -0.1) is 0 Å². The summed E-state index contributed by atoms with van der Waals surface area (Å²) in [5.41, 5.74) is 0. The summed E-state index contributed by atoms with van der Waals surface area (Å²) in [5.74, 6) is 0.270. The minimum absolute atomic E-state index is 0.0113. The predicted octanol–water partition coefficient (Wildman–Crippen LogP) is 0.392. The summed E-state index contributed by atoms with van der Waals surface area (Å²) in [5, 5.41) is 5.87. The Morgan fingerprint density at radius 2 is 1.95 bits per heavy atom. The normalized spacial score (nSPS) is 15.1. The zero-order chi connectivity index (χ0) is 15.8. The van der Waals surface area contributed by atoms with Crippen molar-refractivity contribution in [3.8, 4) is 5.75 Å². The topological polar surface area (TPSA) is 70.7 Å². The molecule has 1 heterocycles. The predicted molar refractivity (Wildman–Crippen MR) is 83.6 cm³/mol. The summed E-state index contributed by atoms with van der Waals surface area (Å²) in [6, 6.07) is 9.37. The zero-order valence-electron chi connectivity index (χ0n) is 12.9. The van der Waals surface area contributed by atoms with Gasteiger partial charge in [0.05, 0.1) is 6.54 Å². The molecule has 0 bridgehead atoms. The fraction of sp³-hybridized carbons (Fsp3) is 0.500. The minimum atomic E-state index is -0.295. The zero-order valence-corrected chi connectivity index (χ0v) is 12.9. The quantitative estimate of drug-likeness (QED) is 0.798. The fourth-order valence-electron chi connectivity index (χ4n) is 2.41. The van der Waals surface area contributed by atoms with Gasteiger partial charge in [-0.3, -0.25) is 9.59 Å². The molecular formula is C16H23N3O3. The standard InChI is InChI=1S/C16H23N3O3/c1-19(13-7-9-17-10-8-13)16(21)11-18-15(20)12-22-14-5-3-2-4-6-14/h2-6,13,17H,7-12H2,1H3,(H,18,20). The number of ether oxygens (including phenoxy) is 1. The summed E-state index contributed by atoms with van der Waals surface area (Å²) < 4.78 is 5.33. The average Bonchev–Trinajstić information content (AvgIpc) is 2.58. The van der Waals surface area contributed by atoms with E-state index in [4.69, 9.17) is 4.74 Å². The SMILES string of the molecule is CN(C(=O)CNC(=O)COc1ccccc1)C1CCNCC1. The highest BCUT2D eigenvalue weighted by Gasteiger charge is 2.21. The summed E-state index contributed by atoms with van der Waals surface area (Å²) in [6.45, 7) is 1.78. The number of para-hydroxylation sites is 1. The maximum absolute atomic E-state index is 12.1. The Morgan fingerprint density at radius 3 is 2.64 bits per heavy atom. The number of likely N-dealkylation sites (N-methyl/N-ethyl adjacent to an activating group) is 1. The number of carbonyl (C=O) groups excluding carboxylic acids is 2. The Kier molecular flexibility index (Phi) is 6.21. The molecule has 0 saturated carbocycles. The second-order valence-electron chi connectivity index (χ2n) is 5.36. The van der Waals surface area contributed by atoms with E-state index in [0.717, 1.165) is 25.9 Å². The third-order valence-electron chi connectivity index (χ3n) is 3.80. The summed E-state index contributed by atoms with van der Waals surface area (Å²) in [7, 11) is 1.80. The van der Waals surface area contributed by atoms with E-state index in [1.165, 1.54) is 0 Å². The molecule has 6 nitrogen and oxygen atoms in total. The Hall–Kier alpha value is -2.08. The van der Waals surface area contributed by atoms with Crippen LogP contribution in [-0.2, 0) is 9.59 Å². The van der Waals surface area contributed by atoms with Crippen LogP contribution in [0.1, 0.15) is 12.8 Å². The van der Waals surface area contributed by atoms with Gasteiger partial charge in [0.15, 0.2) is 6.61 Å². The van der Waals surface area contributed by atoms with E-state index in [0.29, 0.717) is 5.75 Å². The first-order valence-electron chi connectivity index (χ1n) is 7.58. The van der Waals surface area contributed by atoms with E-state index in [2.05, 4.69) is 10.6 Å². The van der Waals surface area contributed by atoms with Gasteiger partial charge in [0, 0.05) is 13.1 Å². The van der Waals surface area contributed by atoms with E-state index >= 15 is 0 Å². The summed E-state index contributed by atoms with van der Waals surface area (Å²) in [4.78, 5) is 25.5. The Labute approximate surface area is 130 Å². The van der Waals surface area contributed by atoms with Crippen LogP contribution in [0.5, 0.6) is 5.75 Å². The molecule has 2 rings (SSSR count). The molecule has 6 heteroatoms. The molecule has 0 aliphatic carbocycles. The molecule has 0 radical (unpaired) electrons. The maximum Gasteiger partial charge on any atom is 0.258 e. The van der Waals surface area contributed by atoms with Crippen LogP contribution in [0, 0.1) is 0 Å². The van der Waals surface area contributed by atoms with Crippen LogP contribution in [-0.4, -0.2) is 56.0 Å². The van der Waals surface area contributed by atoms with E-state index in [-0.39, 0.29) is 31.0 Å². The fourth-order valence-corrected chi connectivity index (χ4v) is 2.41. The van der Waals surface area contributed by atoms with E-state index < -0.39 is 0 Å². The number of nitrogens with zero attached hydrogens (tertiary/aromatic N) is 1. The molecule has 0 aromatic heterocycles. The highest BCUT2D eigenvalue weighted by molar-refractivity contribution is 5.85. The molecule has 2 amide bonds. The van der Waals surface area contributed by atoms with Crippen LogP contribution in [0.4, 0.5) is 0 Å². The third kappa shape index (κ3) is 5.04. The first-order valence-corrected chi connectivity index (χ1v) is 7.58. The summed E-state index contributed by atoms with van der Waals surface area (Å²) in [6.07, 6.45) is 1.90. The van der Waals surface area contributed by atoms with Crippen LogP contribution >= 0.6 is 0 Å². The minimum Gasteiger partial charge on any atom is -0.484 e. The number of amides is 2. The van der Waals surface area contributed by atoms with Gasteiger partial charge in [0.25, 0.3) is 5.91 Å². The average molecular weight is 305 g/mol. The number of piperidine rings is 1. The molecule has 1 aromatic carbocycles. The van der Waals surface area contributed by atoms with Crippen LogP contribution in [0.15, 0.2) is 30.3 Å². The second kappa shape index (κ2) is 8.38. The molecule has 1 aliphatic heterocycles. The molecule has 1 fully saturated rings. The van der Waals surface area contributed by atoms with Gasteiger partial charge >= 0.3 is 0 Å².